The standard InChI is InChI=1S/C16H16FNO4S/c1-11-8-15-16(22-7-6-21-15)9-14(11)18-23(19,20)10-12-2-4-13(17)5-3-12/h2-5,8-9,18H,6-7,10H2,1H3. The molecule has 0 amide bonds. The molecule has 122 valence electrons. The van der Waals surface area contributed by atoms with Crippen LogP contribution in [0.25, 0.3) is 0 Å². The summed E-state index contributed by atoms with van der Waals surface area (Å²) >= 11 is 0. The number of anilines is 1. The van der Waals surface area contributed by atoms with Gasteiger partial charge < -0.3 is 9.47 Å². The smallest absolute Gasteiger partial charge is 0.236 e. The largest absolute Gasteiger partial charge is 0.486 e. The summed E-state index contributed by atoms with van der Waals surface area (Å²) in [5.41, 5.74) is 1.68. The molecule has 1 aliphatic rings. The van der Waals surface area contributed by atoms with Crippen LogP contribution < -0.4 is 14.2 Å². The lowest BCUT2D eigenvalue weighted by molar-refractivity contribution is 0.171. The van der Waals surface area contributed by atoms with Gasteiger partial charge in [-0.1, -0.05) is 12.1 Å². The van der Waals surface area contributed by atoms with E-state index >= 15 is 0 Å². The van der Waals surface area contributed by atoms with Crippen LogP contribution in [0, 0.1) is 12.7 Å². The topological polar surface area (TPSA) is 64.6 Å². The van der Waals surface area contributed by atoms with Gasteiger partial charge in [-0.2, -0.15) is 0 Å². The van der Waals surface area contributed by atoms with Gasteiger partial charge in [-0.15, -0.1) is 0 Å². The summed E-state index contributed by atoms with van der Waals surface area (Å²) in [6.45, 7) is 2.69. The summed E-state index contributed by atoms with van der Waals surface area (Å²) in [6.07, 6.45) is 0. The first-order chi connectivity index (χ1) is 10.9. The number of halogens is 1. The predicted molar refractivity (Wildman–Crippen MR) is 84.8 cm³/mol. The molecule has 0 aromatic heterocycles. The van der Waals surface area contributed by atoms with Crippen molar-refractivity contribution in [2.24, 2.45) is 0 Å². The van der Waals surface area contributed by atoms with E-state index in [9.17, 15) is 12.8 Å². The van der Waals surface area contributed by atoms with Crippen LogP contribution in [0.1, 0.15) is 11.1 Å². The number of sulfonamides is 1. The van der Waals surface area contributed by atoms with E-state index in [4.69, 9.17) is 9.47 Å². The number of rotatable bonds is 4. The molecule has 0 saturated carbocycles. The van der Waals surface area contributed by atoms with Crippen molar-refractivity contribution in [2.75, 3.05) is 17.9 Å². The van der Waals surface area contributed by atoms with Crippen molar-refractivity contribution in [1.82, 2.24) is 0 Å². The fourth-order valence-corrected chi connectivity index (χ4v) is 3.56. The number of ether oxygens (including phenoxy) is 2. The minimum atomic E-state index is -3.62. The summed E-state index contributed by atoms with van der Waals surface area (Å²) in [5.74, 6) is 0.486. The Morgan fingerprint density at radius 3 is 2.35 bits per heavy atom. The molecule has 2 aromatic rings. The van der Waals surface area contributed by atoms with E-state index in [-0.39, 0.29) is 5.75 Å². The van der Waals surface area contributed by atoms with Gasteiger partial charge >= 0.3 is 0 Å². The van der Waals surface area contributed by atoms with E-state index in [1.54, 1.807) is 19.1 Å². The van der Waals surface area contributed by atoms with Gasteiger partial charge in [0.15, 0.2) is 11.5 Å². The molecule has 0 spiro atoms. The Hall–Kier alpha value is -2.28. The van der Waals surface area contributed by atoms with E-state index in [2.05, 4.69) is 4.72 Å². The van der Waals surface area contributed by atoms with Crippen LogP contribution in [0.15, 0.2) is 36.4 Å². The van der Waals surface area contributed by atoms with E-state index in [1.807, 2.05) is 0 Å². The fourth-order valence-electron chi connectivity index (χ4n) is 2.30. The molecule has 7 heteroatoms. The summed E-state index contributed by atoms with van der Waals surface area (Å²) in [7, 11) is -3.62. The van der Waals surface area contributed by atoms with E-state index in [0.29, 0.717) is 36.0 Å². The van der Waals surface area contributed by atoms with E-state index in [1.165, 1.54) is 24.3 Å². The van der Waals surface area contributed by atoms with Gasteiger partial charge in [0.1, 0.15) is 19.0 Å². The minimum absolute atomic E-state index is 0.235. The maximum atomic E-state index is 12.9. The highest BCUT2D eigenvalue weighted by molar-refractivity contribution is 7.91. The SMILES string of the molecule is Cc1cc2c(cc1NS(=O)(=O)Cc1ccc(F)cc1)OCCO2. The average molecular weight is 337 g/mol. The van der Waals surface area contributed by atoms with Crippen LogP contribution in [-0.4, -0.2) is 21.6 Å². The van der Waals surface area contributed by atoms with Crippen LogP contribution in [-0.2, 0) is 15.8 Å². The van der Waals surface area contributed by atoms with Crippen LogP contribution in [0.3, 0.4) is 0 Å². The van der Waals surface area contributed by atoms with Gasteiger partial charge in [0.25, 0.3) is 0 Å². The first-order valence-corrected chi connectivity index (χ1v) is 8.73. The molecule has 3 rings (SSSR count). The lowest BCUT2D eigenvalue weighted by atomic mass is 10.2. The summed E-state index contributed by atoms with van der Waals surface area (Å²) in [5, 5.41) is 0. The van der Waals surface area contributed by atoms with Gasteiger partial charge in [-0.3, -0.25) is 4.72 Å². The molecule has 1 aliphatic heterocycles. The monoisotopic (exact) mass is 337 g/mol. The Morgan fingerprint density at radius 1 is 1.09 bits per heavy atom. The molecule has 1 heterocycles. The van der Waals surface area contributed by atoms with Gasteiger partial charge in [-0.05, 0) is 36.2 Å². The Kier molecular flexibility index (Phi) is 4.12. The Morgan fingerprint density at radius 2 is 1.70 bits per heavy atom. The lowest BCUT2D eigenvalue weighted by Crippen LogP contribution is -2.18. The molecule has 0 atom stereocenters. The molecular weight excluding hydrogens is 321 g/mol. The highest BCUT2D eigenvalue weighted by Gasteiger charge is 2.18. The van der Waals surface area contributed by atoms with Gasteiger partial charge in [-0.25, -0.2) is 12.8 Å². The van der Waals surface area contributed by atoms with Crippen molar-refractivity contribution in [2.45, 2.75) is 12.7 Å². The second-order valence-corrected chi connectivity index (χ2v) is 7.02. The Bertz CT molecular complexity index is 819. The van der Waals surface area contributed by atoms with Crippen LogP contribution in [0.2, 0.25) is 0 Å². The molecule has 5 nitrogen and oxygen atoms in total. The highest BCUT2D eigenvalue weighted by Crippen LogP contribution is 2.35. The predicted octanol–water partition coefficient (Wildman–Crippen LogP) is 2.85. The zero-order valence-corrected chi connectivity index (χ0v) is 13.3. The molecule has 0 radical (unpaired) electrons. The number of hydrogen-bond acceptors (Lipinski definition) is 4. The van der Waals surface area contributed by atoms with Crippen molar-refractivity contribution in [1.29, 1.82) is 0 Å². The van der Waals surface area contributed by atoms with Crippen LogP contribution in [0.5, 0.6) is 11.5 Å². The zero-order chi connectivity index (χ0) is 16.4. The fraction of sp³-hybridized carbons (Fsp3) is 0.250. The van der Waals surface area contributed by atoms with E-state index in [0.717, 1.165) is 5.56 Å². The van der Waals surface area contributed by atoms with Gasteiger partial charge in [0, 0.05) is 6.07 Å². The van der Waals surface area contributed by atoms with Crippen molar-refractivity contribution >= 4 is 15.7 Å². The number of hydrogen-bond donors (Lipinski definition) is 1. The van der Waals surface area contributed by atoms with Crippen molar-refractivity contribution < 1.29 is 22.3 Å². The molecule has 0 unspecified atom stereocenters. The molecule has 23 heavy (non-hydrogen) atoms. The molecule has 0 saturated heterocycles. The Balaban J connectivity index is 1.81. The number of aryl methyl sites for hydroxylation is 1. The minimum Gasteiger partial charge on any atom is -0.486 e. The Labute approximate surface area is 134 Å². The first-order valence-electron chi connectivity index (χ1n) is 7.08. The van der Waals surface area contributed by atoms with Crippen LogP contribution in [0.4, 0.5) is 10.1 Å². The molecule has 0 bridgehead atoms. The van der Waals surface area contributed by atoms with E-state index < -0.39 is 15.8 Å². The quantitative estimate of drug-likeness (QED) is 0.932. The molecule has 2 aromatic carbocycles. The second-order valence-electron chi connectivity index (χ2n) is 5.30. The van der Waals surface area contributed by atoms with Crippen LogP contribution >= 0.6 is 0 Å². The van der Waals surface area contributed by atoms with Crippen molar-refractivity contribution in [3.8, 4) is 11.5 Å². The molecular formula is C16H16FNO4S. The summed E-state index contributed by atoms with van der Waals surface area (Å²) < 4.78 is 50.9. The highest BCUT2D eigenvalue weighted by atomic mass is 32.2. The summed E-state index contributed by atoms with van der Waals surface area (Å²) in [6, 6.07) is 8.73. The third kappa shape index (κ3) is 3.73. The molecule has 0 fully saturated rings. The third-order valence-electron chi connectivity index (χ3n) is 3.42. The first kappa shape index (κ1) is 15.6. The molecule has 0 aliphatic carbocycles. The third-order valence-corrected chi connectivity index (χ3v) is 4.67. The zero-order valence-electron chi connectivity index (χ0n) is 12.5. The normalized spacial score (nSPS) is 13.7. The molecule has 1 N–H and O–H groups in total. The van der Waals surface area contributed by atoms with Crippen molar-refractivity contribution in [3.05, 3.63) is 53.3 Å². The number of nitrogens with one attached hydrogen (secondary N) is 1. The lowest BCUT2D eigenvalue weighted by Gasteiger charge is -2.20. The van der Waals surface area contributed by atoms with Gasteiger partial charge in [0.2, 0.25) is 10.0 Å². The average Bonchev–Trinajstić information content (AvgIpc) is 2.50. The number of benzene rings is 2. The van der Waals surface area contributed by atoms with Gasteiger partial charge in [0.05, 0.1) is 11.4 Å². The number of fused-ring (bicyclic) bond motifs is 1. The maximum absolute atomic E-state index is 12.9. The van der Waals surface area contributed by atoms with Crippen molar-refractivity contribution in [3.63, 3.8) is 0 Å². The second kappa shape index (κ2) is 6.08. The summed E-state index contributed by atoms with van der Waals surface area (Å²) in [4.78, 5) is 0. The maximum Gasteiger partial charge on any atom is 0.236 e.